The summed E-state index contributed by atoms with van der Waals surface area (Å²) >= 11 is 1.74. The summed E-state index contributed by atoms with van der Waals surface area (Å²) < 4.78 is 0. The molecule has 0 aliphatic heterocycles. The summed E-state index contributed by atoms with van der Waals surface area (Å²) in [5.74, 6) is 1.87. The molecule has 0 rings (SSSR count). The average Bonchev–Trinajstić information content (AvgIpc) is 1.99. The van der Waals surface area contributed by atoms with E-state index in [-0.39, 0.29) is 5.41 Å². The predicted molar refractivity (Wildman–Crippen MR) is 61.2 cm³/mol. The molecule has 0 heterocycles. The minimum absolute atomic E-state index is 0.259. The van der Waals surface area contributed by atoms with Gasteiger partial charge in [-0.2, -0.15) is 11.8 Å². The zero-order valence-corrected chi connectivity index (χ0v) is 10.3. The summed E-state index contributed by atoms with van der Waals surface area (Å²) in [6.45, 7) is 8.75. The molecule has 78 valence electrons. The third-order valence-corrected chi connectivity index (χ3v) is 3.21. The van der Waals surface area contributed by atoms with Crippen molar-refractivity contribution in [1.29, 1.82) is 0 Å². The van der Waals surface area contributed by atoms with Gasteiger partial charge in [-0.25, -0.2) is 0 Å². The lowest BCUT2D eigenvalue weighted by molar-refractivity contribution is -0.120. The number of hydrogen-bond acceptors (Lipinski definition) is 2. The van der Waals surface area contributed by atoms with Crippen LogP contribution in [0.1, 0.15) is 40.5 Å². The van der Waals surface area contributed by atoms with Gasteiger partial charge < -0.3 is 0 Å². The Morgan fingerprint density at radius 2 is 1.92 bits per heavy atom. The zero-order chi connectivity index (χ0) is 10.5. The lowest BCUT2D eigenvalue weighted by Crippen LogP contribution is -2.20. The first-order valence-electron chi connectivity index (χ1n) is 4.88. The fraction of sp³-hybridized carbons (Fsp3) is 0.909. The van der Waals surface area contributed by atoms with Crippen LogP contribution in [0.25, 0.3) is 0 Å². The van der Waals surface area contributed by atoms with Crippen LogP contribution in [0.15, 0.2) is 0 Å². The molecule has 0 aliphatic rings. The molecule has 0 radical (unpaired) electrons. The van der Waals surface area contributed by atoms with E-state index < -0.39 is 0 Å². The van der Waals surface area contributed by atoms with E-state index >= 15 is 0 Å². The van der Waals surface area contributed by atoms with Crippen molar-refractivity contribution < 1.29 is 4.79 Å². The molecular weight excluding hydrogens is 180 g/mol. The van der Waals surface area contributed by atoms with Gasteiger partial charge in [-0.05, 0) is 23.3 Å². The smallest absolute Gasteiger partial charge is 0.134 e. The highest BCUT2D eigenvalue weighted by atomic mass is 32.2. The van der Waals surface area contributed by atoms with Crippen molar-refractivity contribution in [3.8, 4) is 0 Å². The van der Waals surface area contributed by atoms with Crippen LogP contribution in [0.3, 0.4) is 0 Å². The first-order valence-corrected chi connectivity index (χ1v) is 6.28. The molecule has 0 bridgehead atoms. The number of carbonyl (C=O) groups excluding carboxylic acids is 1. The monoisotopic (exact) mass is 202 g/mol. The lowest BCUT2D eigenvalue weighted by Gasteiger charge is -2.26. The van der Waals surface area contributed by atoms with Crippen molar-refractivity contribution in [3.63, 3.8) is 0 Å². The van der Waals surface area contributed by atoms with Crippen LogP contribution in [-0.2, 0) is 4.79 Å². The van der Waals surface area contributed by atoms with Gasteiger partial charge in [0.1, 0.15) is 5.78 Å². The normalized spacial score (nSPS) is 14.2. The maximum absolute atomic E-state index is 11.4. The zero-order valence-electron chi connectivity index (χ0n) is 9.52. The standard InChI is InChI=1S/C11H22OS/c1-9(11(2,3)4)8-10(12)6-7-13-5/h9H,6-8H2,1-5H3. The first-order chi connectivity index (χ1) is 5.88. The van der Waals surface area contributed by atoms with Gasteiger partial charge in [0.05, 0.1) is 0 Å². The molecule has 2 heteroatoms. The molecule has 0 aromatic carbocycles. The number of Topliss-reactive ketones (excluding diaryl/α,β-unsaturated/α-hetero) is 1. The van der Waals surface area contributed by atoms with Gasteiger partial charge in [-0.15, -0.1) is 0 Å². The highest BCUT2D eigenvalue weighted by Crippen LogP contribution is 2.28. The molecule has 0 aromatic rings. The summed E-state index contributed by atoms with van der Waals surface area (Å²) in [5, 5.41) is 0. The Kier molecular flexibility index (Phi) is 5.70. The van der Waals surface area contributed by atoms with Gasteiger partial charge in [0.2, 0.25) is 0 Å². The van der Waals surface area contributed by atoms with Crippen LogP contribution in [0.2, 0.25) is 0 Å². The average molecular weight is 202 g/mol. The molecule has 0 aliphatic carbocycles. The molecule has 13 heavy (non-hydrogen) atoms. The Morgan fingerprint density at radius 3 is 2.31 bits per heavy atom. The van der Waals surface area contributed by atoms with Crippen molar-refractivity contribution in [3.05, 3.63) is 0 Å². The van der Waals surface area contributed by atoms with Gasteiger partial charge in [0.15, 0.2) is 0 Å². The van der Waals surface area contributed by atoms with Crippen LogP contribution >= 0.6 is 11.8 Å². The fourth-order valence-corrected chi connectivity index (χ4v) is 1.40. The van der Waals surface area contributed by atoms with E-state index in [0.29, 0.717) is 11.7 Å². The van der Waals surface area contributed by atoms with Crippen LogP contribution in [0.5, 0.6) is 0 Å². The molecule has 1 unspecified atom stereocenters. The Morgan fingerprint density at radius 1 is 1.38 bits per heavy atom. The first kappa shape index (κ1) is 13.0. The summed E-state index contributed by atoms with van der Waals surface area (Å²) in [4.78, 5) is 11.4. The predicted octanol–water partition coefficient (Wildman–Crippen LogP) is 3.38. The van der Waals surface area contributed by atoms with E-state index in [9.17, 15) is 4.79 Å². The second-order valence-electron chi connectivity index (χ2n) is 4.75. The van der Waals surface area contributed by atoms with Crippen LogP contribution < -0.4 is 0 Å². The van der Waals surface area contributed by atoms with Crippen molar-refractivity contribution in [2.45, 2.75) is 40.5 Å². The van der Waals surface area contributed by atoms with Gasteiger partial charge >= 0.3 is 0 Å². The fourth-order valence-electron chi connectivity index (χ4n) is 0.966. The SMILES string of the molecule is CSCCC(=O)CC(C)C(C)(C)C. The van der Waals surface area contributed by atoms with Crippen molar-refractivity contribution in [1.82, 2.24) is 0 Å². The molecule has 0 amide bonds. The molecule has 1 nitrogen and oxygen atoms in total. The molecule has 0 aromatic heterocycles. The van der Waals surface area contributed by atoms with E-state index in [1.807, 2.05) is 6.26 Å². The second-order valence-corrected chi connectivity index (χ2v) is 5.74. The summed E-state index contributed by atoms with van der Waals surface area (Å²) in [7, 11) is 0. The van der Waals surface area contributed by atoms with Crippen molar-refractivity contribution >= 4 is 17.5 Å². The molecular formula is C11H22OS. The van der Waals surface area contributed by atoms with Crippen LogP contribution in [0.4, 0.5) is 0 Å². The molecule has 0 spiro atoms. The van der Waals surface area contributed by atoms with E-state index in [0.717, 1.165) is 18.6 Å². The van der Waals surface area contributed by atoms with Gasteiger partial charge in [0.25, 0.3) is 0 Å². The van der Waals surface area contributed by atoms with E-state index in [1.54, 1.807) is 11.8 Å². The van der Waals surface area contributed by atoms with Crippen molar-refractivity contribution in [2.24, 2.45) is 11.3 Å². The molecule has 0 saturated carbocycles. The highest BCUT2D eigenvalue weighted by Gasteiger charge is 2.21. The Hall–Kier alpha value is 0.0200. The molecule has 1 atom stereocenters. The Balaban J connectivity index is 3.79. The lowest BCUT2D eigenvalue weighted by atomic mass is 9.79. The third-order valence-electron chi connectivity index (χ3n) is 2.60. The maximum atomic E-state index is 11.4. The Labute approximate surface area is 86.7 Å². The summed E-state index contributed by atoms with van der Waals surface area (Å²) in [5.41, 5.74) is 0.259. The summed E-state index contributed by atoms with van der Waals surface area (Å²) in [6, 6.07) is 0. The summed E-state index contributed by atoms with van der Waals surface area (Å²) in [6.07, 6.45) is 3.52. The van der Waals surface area contributed by atoms with Crippen LogP contribution in [-0.4, -0.2) is 17.8 Å². The maximum Gasteiger partial charge on any atom is 0.134 e. The van der Waals surface area contributed by atoms with Gasteiger partial charge in [0, 0.05) is 12.8 Å². The quantitative estimate of drug-likeness (QED) is 0.680. The topological polar surface area (TPSA) is 17.1 Å². The molecule has 0 N–H and O–H groups in total. The molecule has 0 fully saturated rings. The minimum Gasteiger partial charge on any atom is -0.300 e. The third kappa shape index (κ3) is 6.14. The number of carbonyl (C=O) groups is 1. The van der Waals surface area contributed by atoms with Gasteiger partial charge in [-0.1, -0.05) is 27.7 Å². The number of rotatable bonds is 5. The van der Waals surface area contributed by atoms with E-state index in [1.165, 1.54) is 0 Å². The number of ketones is 1. The molecule has 0 saturated heterocycles. The van der Waals surface area contributed by atoms with Crippen molar-refractivity contribution in [2.75, 3.05) is 12.0 Å². The second kappa shape index (κ2) is 5.69. The number of hydrogen-bond donors (Lipinski definition) is 0. The highest BCUT2D eigenvalue weighted by molar-refractivity contribution is 7.98. The minimum atomic E-state index is 0.259. The van der Waals surface area contributed by atoms with E-state index in [2.05, 4.69) is 27.7 Å². The number of thioether (sulfide) groups is 1. The van der Waals surface area contributed by atoms with Crippen LogP contribution in [0, 0.1) is 11.3 Å². The largest absolute Gasteiger partial charge is 0.300 e. The van der Waals surface area contributed by atoms with Gasteiger partial charge in [-0.3, -0.25) is 4.79 Å². The Bertz CT molecular complexity index is 158. The van der Waals surface area contributed by atoms with E-state index in [4.69, 9.17) is 0 Å².